The smallest absolute Gasteiger partial charge is 0.407 e. The van der Waals surface area contributed by atoms with Crippen molar-refractivity contribution in [3.8, 4) is 0 Å². The molecular weight excluding hydrogens is 197 g/mol. The first-order chi connectivity index (χ1) is 5.95. The van der Waals surface area contributed by atoms with Crippen LogP contribution in [0, 0.1) is 0 Å². The fourth-order valence-electron chi connectivity index (χ4n) is 0.535. The molecule has 0 spiro atoms. The van der Waals surface area contributed by atoms with Crippen LogP contribution < -0.4 is 5.32 Å². The van der Waals surface area contributed by atoms with Gasteiger partial charge in [0.2, 0.25) is 0 Å². The van der Waals surface area contributed by atoms with Gasteiger partial charge in [-0.25, -0.2) is 4.79 Å². The molecule has 0 aromatic rings. The fourth-order valence-corrected chi connectivity index (χ4v) is 0.864. The Labute approximate surface area is 76.4 Å². The van der Waals surface area contributed by atoms with Crippen LogP contribution in [0.15, 0.2) is 0 Å². The zero-order valence-electron chi connectivity index (χ0n) is 7.39. The van der Waals surface area contributed by atoms with Crippen LogP contribution in [0.1, 0.15) is 13.3 Å². The topological polar surface area (TPSA) is 95.9 Å². The molecule has 0 radical (unpaired) electrons. The predicted octanol–water partition coefficient (Wildman–Crippen LogP) is 0.300. The Morgan fingerprint density at radius 1 is 1.54 bits per heavy atom. The average molecular weight is 211 g/mol. The number of carbonyl (C=O) groups excluding carboxylic acids is 1. The highest BCUT2D eigenvalue weighted by molar-refractivity contribution is 7.51. The van der Waals surface area contributed by atoms with E-state index in [0.717, 1.165) is 6.42 Å². The third-order valence-corrected chi connectivity index (χ3v) is 1.90. The maximum absolute atomic E-state index is 10.7. The number of alkyl carbamates (subject to hydrolysis) is 1. The van der Waals surface area contributed by atoms with Gasteiger partial charge in [-0.15, -0.1) is 0 Å². The highest BCUT2D eigenvalue weighted by Gasteiger charge is 2.13. The van der Waals surface area contributed by atoms with Gasteiger partial charge in [-0.1, -0.05) is 6.92 Å². The molecule has 0 rings (SSSR count). The van der Waals surface area contributed by atoms with Crippen LogP contribution in [0.25, 0.3) is 0 Å². The number of rotatable bonds is 5. The second-order valence-electron chi connectivity index (χ2n) is 2.45. The van der Waals surface area contributed by atoms with Crippen molar-refractivity contribution in [2.75, 3.05) is 19.3 Å². The van der Waals surface area contributed by atoms with Gasteiger partial charge in [0.15, 0.2) is 0 Å². The molecule has 13 heavy (non-hydrogen) atoms. The summed E-state index contributed by atoms with van der Waals surface area (Å²) in [6.45, 7) is 2.12. The number of carbonyl (C=O) groups is 1. The van der Waals surface area contributed by atoms with E-state index in [-0.39, 0.29) is 6.61 Å². The van der Waals surface area contributed by atoms with Gasteiger partial charge in [0.1, 0.15) is 6.61 Å². The van der Waals surface area contributed by atoms with Crippen LogP contribution in [0.2, 0.25) is 0 Å². The summed E-state index contributed by atoms with van der Waals surface area (Å²) < 4.78 is 14.8. The van der Waals surface area contributed by atoms with Gasteiger partial charge < -0.3 is 19.8 Å². The Hall–Kier alpha value is -0.580. The van der Waals surface area contributed by atoms with E-state index in [9.17, 15) is 9.36 Å². The van der Waals surface area contributed by atoms with Crippen LogP contribution >= 0.6 is 7.60 Å². The Morgan fingerprint density at radius 2 is 2.15 bits per heavy atom. The standard InChI is InChI=1S/C6H14NO5P/c1-2-3-7-6(8)12-4-5-13(9,10)11/h2-5H2,1H3,(H,7,8)(H2,9,10,11). The quantitative estimate of drug-likeness (QED) is 0.568. The fraction of sp³-hybridized carbons (Fsp3) is 0.833. The van der Waals surface area contributed by atoms with Crippen molar-refractivity contribution in [2.24, 2.45) is 0 Å². The highest BCUT2D eigenvalue weighted by atomic mass is 31.2. The first-order valence-corrected chi connectivity index (χ1v) is 5.70. The Balaban J connectivity index is 3.43. The van der Waals surface area contributed by atoms with E-state index in [4.69, 9.17) is 9.79 Å². The summed E-state index contributed by atoms with van der Waals surface area (Å²) in [4.78, 5) is 27.5. The minimum absolute atomic E-state index is 0.264. The zero-order valence-corrected chi connectivity index (χ0v) is 8.29. The Morgan fingerprint density at radius 3 is 2.62 bits per heavy atom. The molecule has 0 bridgehead atoms. The van der Waals surface area contributed by atoms with Gasteiger partial charge in [-0.05, 0) is 6.42 Å². The van der Waals surface area contributed by atoms with Crippen LogP contribution in [0.4, 0.5) is 4.79 Å². The van der Waals surface area contributed by atoms with Gasteiger partial charge in [-0.2, -0.15) is 0 Å². The SMILES string of the molecule is CCCNC(=O)OCCP(=O)(O)O. The molecule has 6 nitrogen and oxygen atoms in total. The summed E-state index contributed by atoms with van der Waals surface area (Å²) >= 11 is 0. The molecule has 0 aromatic carbocycles. The van der Waals surface area contributed by atoms with Crippen molar-refractivity contribution in [1.82, 2.24) is 5.32 Å². The second kappa shape index (κ2) is 5.96. The minimum atomic E-state index is -4.05. The van der Waals surface area contributed by atoms with Crippen molar-refractivity contribution in [3.63, 3.8) is 0 Å². The van der Waals surface area contributed by atoms with Crippen LogP contribution in [0.5, 0.6) is 0 Å². The van der Waals surface area contributed by atoms with Crippen molar-refractivity contribution in [1.29, 1.82) is 0 Å². The van der Waals surface area contributed by atoms with Crippen LogP contribution in [0.3, 0.4) is 0 Å². The highest BCUT2D eigenvalue weighted by Crippen LogP contribution is 2.33. The molecule has 1 amide bonds. The van der Waals surface area contributed by atoms with E-state index in [1.165, 1.54) is 0 Å². The minimum Gasteiger partial charge on any atom is -0.449 e. The number of hydrogen-bond donors (Lipinski definition) is 3. The number of hydrogen-bond acceptors (Lipinski definition) is 3. The van der Waals surface area contributed by atoms with Gasteiger partial charge in [0.05, 0.1) is 6.16 Å². The Bertz CT molecular complexity index is 201. The first kappa shape index (κ1) is 12.4. The number of amides is 1. The van der Waals surface area contributed by atoms with E-state index >= 15 is 0 Å². The third-order valence-electron chi connectivity index (χ3n) is 1.14. The summed E-state index contributed by atoms with van der Waals surface area (Å²) in [6, 6.07) is 0. The summed E-state index contributed by atoms with van der Waals surface area (Å²) in [7, 11) is -4.05. The van der Waals surface area contributed by atoms with Crippen molar-refractivity contribution >= 4 is 13.7 Å². The maximum Gasteiger partial charge on any atom is 0.407 e. The molecule has 0 aromatic heterocycles. The molecule has 3 N–H and O–H groups in total. The second-order valence-corrected chi connectivity index (χ2v) is 4.23. The van der Waals surface area contributed by atoms with Crippen molar-refractivity contribution in [2.45, 2.75) is 13.3 Å². The van der Waals surface area contributed by atoms with E-state index in [1.807, 2.05) is 6.92 Å². The van der Waals surface area contributed by atoms with Crippen LogP contribution in [-0.2, 0) is 9.30 Å². The number of nitrogens with one attached hydrogen (secondary N) is 1. The summed E-state index contributed by atoms with van der Waals surface area (Å²) in [6.07, 6.45) is -0.296. The summed E-state index contributed by atoms with van der Waals surface area (Å²) in [5, 5.41) is 2.40. The first-order valence-electron chi connectivity index (χ1n) is 3.91. The lowest BCUT2D eigenvalue weighted by Crippen LogP contribution is -2.25. The molecule has 0 heterocycles. The van der Waals surface area contributed by atoms with E-state index in [1.54, 1.807) is 0 Å². The lowest BCUT2D eigenvalue weighted by Gasteiger charge is -2.06. The normalized spacial score (nSPS) is 11.0. The predicted molar refractivity (Wildman–Crippen MR) is 46.6 cm³/mol. The molecule has 0 saturated carbocycles. The lowest BCUT2D eigenvalue weighted by molar-refractivity contribution is 0.151. The molecule has 0 aliphatic carbocycles. The van der Waals surface area contributed by atoms with Crippen LogP contribution in [-0.4, -0.2) is 35.2 Å². The molecule has 0 fully saturated rings. The van der Waals surface area contributed by atoms with Gasteiger partial charge in [0.25, 0.3) is 0 Å². The molecular formula is C6H14NO5P. The maximum atomic E-state index is 10.7. The zero-order chi connectivity index (χ0) is 10.3. The molecule has 0 aliphatic heterocycles. The monoisotopic (exact) mass is 211 g/mol. The van der Waals surface area contributed by atoms with Gasteiger partial charge in [-0.3, -0.25) is 4.57 Å². The molecule has 0 saturated heterocycles. The molecule has 0 aliphatic rings. The largest absolute Gasteiger partial charge is 0.449 e. The molecule has 0 atom stereocenters. The lowest BCUT2D eigenvalue weighted by atomic mass is 10.5. The Kier molecular flexibility index (Phi) is 5.70. The average Bonchev–Trinajstić information content (AvgIpc) is 1.98. The van der Waals surface area contributed by atoms with Gasteiger partial charge >= 0.3 is 13.7 Å². The van der Waals surface area contributed by atoms with E-state index in [2.05, 4.69) is 10.1 Å². The molecule has 78 valence electrons. The summed E-state index contributed by atoms with van der Waals surface area (Å²) in [5.74, 6) is 0. The van der Waals surface area contributed by atoms with E-state index < -0.39 is 19.9 Å². The van der Waals surface area contributed by atoms with Crippen molar-refractivity contribution in [3.05, 3.63) is 0 Å². The third kappa shape index (κ3) is 9.33. The summed E-state index contributed by atoms with van der Waals surface area (Å²) in [5.41, 5.74) is 0. The molecule has 0 unspecified atom stereocenters. The number of ether oxygens (including phenoxy) is 1. The van der Waals surface area contributed by atoms with Crippen molar-refractivity contribution < 1.29 is 23.9 Å². The van der Waals surface area contributed by atoms with Gasteiger partial charge in [0, 0.05) is 6.54 Å². The van der Waals surface area contributed by atoms with E-state index in [0.29, 0.717) is 6.54 Å². The molecule has 7 heteroatoms.